The van der Waals surface area contributed by atoms with Crippen molar-refractivity contribution in [2.24, 2.45) is 0 Å². The molecule has 0 aliphatic rings. The number of para-hydroxylation sites is 1. The molecule has 0 fully saturated rings. The average molecular weight is 419 g/mol. The van der Waals surface area contributed by atoms with Crippen molar-refractivity contribution >= 4 is 28.0 Å². The topological polar surface area (TPSA) is 81.4 Å². The number of hydrogen-bond donors (Lipinski definition) is 1. The number of benzene rings is 1. The number of nitrogens with zero attached hydrogens (tertiary/aromatic N) is 4. The minimum Gasteiger partial charge on any atom is -0.405 e. The van der Waals surface area contributed by atoms with E-state index in [1.807, 2.05) is 6.92 Å². The number of nitrogens with one attached hydrogen (secondary N) is 1. The number of alkyl halides is 3. The Kier molecular flexibility index (Phi) is 4.66. The zero-order chi connectivity index (χ0) is 20.6. The van der Waals surface area contributed by atoms with Crippen molar-refractivity contribution in [3.8, 4) is 17.0 Å². The zero-order valence-corrected chi connectivity index (χ0v) is 15.6. The highest BCUT2D eigenvalue weighted by Crippen LogP contribution is 2.32. The first-order chi connectivity index (χ1) is 13.8. The first kappa shape index (κ1) is 18.9. The third-order valence-electron chi connectivity index (χ3n) is 3.83. The molecule has 0 aliphatic heterocycles. The van der Waals surface area contributed by atoms with Crippen LogP contribution in [0.5, 0.6) is 5.75 Å². The van der Waals surface area contributed by atoms with E-state index in [1.54, 1.807) is 18.3 Å². The SMILES string of the molecule is Cc1cnc(NC(=O)c2cnc3ccc(-c4ccccc4OC(F)(F)F)nn23)s1. The number of thiazole rings is 1. The van der Waals surface area contributed by atoms with Crippen molar-refractivity contribution in [3.63, 3.8) is 0 Å². The number of aromatic nitrogens is 4. The molecule has 3 heterocycles. The molecule has 4 rings (SSSR count). The quantitative estimate of drug-likeness (QED) is 0.533. The predicted molar refractivity (Wildman–Crippen MR) is 99.9 cm³/mol. The van der Waals surface area contributed by atoms with Crippen LogP contribution in [0.2, 0.25) is 0 Å². The van der Waals surface area contributed by atoms with Gasteiger partial charge in [-0.3, -0.25) is 10.1 Å². The highest BCUT2D eigenvalue weighted by Gasteiger charge is 2.32. The van der Waals surface area contributed by atoms with Crippen LogP contribution < -0.4 is 10.1 Å². The summed E-state index contributed by atoms with van der Waals surface area (Å²) in [6.07, 6.45) is -1.88. The van der Waals surface area contributed by atoms with Gasteiger partial charge in [0.05, 0.1) is 11.9 Å². The number of carbonyl (C=O) groups is 1. The van der Waals surface area contributed by atoms with Crippen molar-refractivity contribution in [2.75, 3.05) is 5.32 Å². The summed E-state index contributed by atoms with van der Waals surface area (Å²) < 4.78 is 43.5. The molecule has 0 saturated heterocycles. The Bertz CT molecular complexity index is 1200. The van der Waals surface area contributed by atoms with E-state index in [0.717, 1.165) is 4.88 Å². The van der Waals surface area contributed by atoms with Crippen molar-refractivity contribution in [1.82, 2.24) is 19.6 Å². The van der Waals surface area contributed by atoms with Gasteiger partial charge in [-0.1, -0.05) is 12.1 Å². The van der Waals surface area contributed by atoms with E-state index in [9.17, 15) is 18.0 Å². The summed E-state index contributed by atoms with van der Waals surface area (Å²) in [7, 11) is 0. The molecule has 7 nitrogen and oxygen atoms in total. The number of rotatable bonds is 4. The molecule has 3 aromatic heterocycles. The molecule has 1 N–H and O–H groups in total. The summed E-state index contributed by atoms with van der Waals surface area (Å²) >= 11 is 1.31. The molecule has 29 heavy (non-hydrogen) atoms. The van der Waals surface area contributed by atoms with Crippen LogP contribution >= 0.6 is 11.3 Å². The summed E-state index contributed by atoms with van der Waals surface area (Å²) in [4.78, 5) is 21.7. The molecule has 0 bridgehead atoms. The van der Waals surface area contributed by atoms with Crippen LogP contribution in [0.25, 0.3) is 16.9 Å². The second kappa shape index (κ2) is 7.17. The zero-order valence-electron chi connectivity index (χ0n) is 14.8. The third-order valence-corrected chi connectivity index (χ3v) is 4.65. The number of imidazole rings is 1. The minimum atomic E-state index is -4.84. The van der Waals surface area contributed by atoms with Gasteiger partial charge < -0.3 is 4.74 Å². The van der Waals surface area contributed by atoms with E-state index in [2.05, 4.69) is 25.1 Å². The Hall–Kier alpha value is -3.47. The summed E-state index contributed by atoms with van der Waals surface area (Å²) in [6, 6.07) is 8.70. The van der Waals surface area contributed by atoms with Crippen molar-refractivity contribution in [3.05, 3.63) is 59.4 Å². The van der Waals surface area contributed by atoms with E-state index in [4.69, 9.17) is 0 Å². The number of amides is 1. The Morgan fingerprint density at radius 3 is 2.66 bits per heavy atom. The van der Waals surface area contributed by atoms with Gasteiger partial charge in [0.25, 0.3) is 5.91 Å². The Morgan fingerprint density at radius 2 is 1.93 bits per heavy atom. The van der Waals surface area contributed by atoms with Gasteiger partial charge in [0.2, 0.25) is 0 Å². The number of hydrogen-bond acceptors (Lipinski definition) is 6. The largest absolute Gasteiger partial charge is 0.573 e. The monoisotopic (exact) mass is 419 g/mol. The number of carbonyl (C=O) groups excluding carboxylic acids is 1. The van der Waals surface area contributed by atoms with Crippen LogP contribution in [-0.2, 0) is 0 Å². The van der Waals surface area contributed by atoms with Crippen molar-refractivity contribution in [2.45, 2.75) is 13.3 Å². The fourth-order valence-corrected chi connectivity index (χ4v) is 3.30. The summed E-state index contributed by atoms with van der Waals surface area (Å²) in [5.41, 5.74) is 0.796. The van der Waals surface area contributed by atoms with E-state index >= 15 is 0 Å². The molecule has 1 aromatic carbocycles. The van der Waals surface area contributed by atoms with Gasteiger partial charge in [0.1, 0.15) is 5.75 Å². The fraction of sp³-hybridized carbons (Fsp3) is 0.111. The van der Waals surface area contributed by atoms with Gasteiger partial charge in [-0.05, 0) is 31.2 Å². The Balaban J connectivity index is 1.72. The highest BCUT2D eigenvalue weighted by atomic mass is 32.1. The highest BCUT2D eigenvalue weighted by molar-refractivity contribution is 7.15. The second-order valence-electron chi connectivity index (χ2n) is 5.91. The summed E-state index contributed by atoms with van der Waals surface area (Å²) in [5, 5.41) is 7.37. The van der Waals surface area contributed by atoms with E-state index < -0.39 is 18.0 Å². The Morgan fingerprint density at radius 1 is 1.14 bits per heavy atom. The number of anilines is 1. The van der Waals surface area contributed by atoms with E-state index in [0.29, 0.717) is 10.8 Å². The second-order valence-corrected chi connectivity index (χ2v) is 7.14. The van der Waals surface area contributed by atoms with Crippen LogP contribution in [0.1, 0.15) is 15.4 Å². The number of aryl methyl sites for hydroxylation is 1. The van der Waals surface area contributed by atoms with E-state index in [1.165, 1.54) is 46.3 Å². The molecule has 0 spiro atoms. The molecule has 4 aromatic rings. The van der Waals surface area contributed by atoms with Crippen molar-refractivity contribution < 1.29 is 22.7 Å². The average Bonchev–Trinajstić information content (AvgIpc) is 3.26. The van der Waals surface area contributed by atoms with Gasteiger partial charge in [0.15, 0.2) is 16.5 Å². The molecule has 148 valence electrons. The van der Waals surface area contributed by atoms with Crippen LogP contribution in [0.4, 0.5) is 18.3 Å². The first-order valence-corrected chi connectivity index (χ1v) is 9.05. The number of halogens is 3. The van der Waals surface area contributed by atoms with Crippen LogP contribution in [0.15, 0.2) is 48.8 Å². The number of ether oxygens (including phenoxy) is 1. The molecular formula is C18H12F3N5O2S. The van der Waals surface area contributed by atoms with E-state index in [-0.39, 0.29) is 17.0 Å². The van der Waals surface area contributed by atoms with Gasteiger partial charge in [-0.25, -0.2) is 14.5 Å². The first-order valence-electron chi connectivity index (χ1n) is 8.24. The Labute approximate surface area is 165 Å². The molecule has 0 atom stereocenters. The molecule has 0 radical (unpaired) electrons. The molecule has 11 heteroatoms. The molecule has 1 amide bonds. The standard InChI is InChI=1S/C18H12F3N5O2S/c1-10-8-23-17(29-10)24-16(27)13-9-22-15-7-6-12(25-26(13)15)11-4-2-3-5-14(11)28-18(19,20)21/h2-9H,1H3,(H,23,24,27). The molecule has 0 aliphatic carbocycles. The lowest BCUT2D eigenvalue weighted by atomic mass is 10.1. The van der Waals surface area contributed by atoms with Gasteiger partial charge in [-0.15, -0.1) is 24.5 Å². The molecular weight excluding hydrogens is 407 g/mol. The lowest BCUT2D eigenvalue weighted by Gasteiger charge is -2.13. The molecule has 0 saturated carbocycles. The summed E-state index contributed by atoms with van der Waals surface area (Å²) in [6.45, 7) is 1.86. The lowest BCUT2D eigenvalue weighted by Crippen LogP contribution is -2.18. The normalized spacial score (nSPS) is 11.6. The van der Waals surface area contributed by atoms with Crippen molar-refractivity contribution in [1.29, 1.82) is 0 Å². The predicted octanol–water partition coefficient (Wildman–Crippen LogP) is 4.31. The summed E-state index contributed by atoms with van der Waals surface area (Å²) in [5.74, 6) is -0.882. The molecule has 0 unspecified atom stereocenters. The smallest absolute Gasteiger partial charge is 0.405 e. The maximum atomic E-state index is 12.7. The fourth-order valence-electron chi connectivity index (χ4n) is 2.64. The third kappa shape index (κ3) is 4.04. The maximum Gasteiger partial charge on any atom is 0.573 e. The van der Waals surface area contributed by atoms with Gasteiger partial charge in [-0.2, -0.15) is 5.10 Å². The van der Waals surface area contributed by atoms with Crippen LogP contribution in [-0.4, -0.2) is 31.9 Å². The van der Waals surface area contributed by atoms with Crippen LogP contribution in [0, 0.1) is 6.92 Å². The van der Waals surface area contributed by atoms with Gasteiger partial charge in [0, 0.05) is 16.6 Å². The number of fused-ring (bicyclic) bond motifs is 1. The minimum absolute atomic E-state index is 0.115. The van der Waals surface area contributed by atoms with Gasteiger partial charge >= 0.3 is 6.36 Å². The lowest BCUT2D eigenvalue weighted by molar-refractivity contribution is -0.274. The maximum absolute atomic E-state index is 12.7. The van der Waals surface area contributed by atoms with Crippen LogP contribution in [0.3, 0.4) is 0 Å².